The maximum Gasteiger partial charge on any atom is 0.252 e. The summed E-state index contributed by atoms with van der Waals surface area (Å²) in [6.07, 6.45) is 2.06. The quantitative estimate of drug-likeness (QED) is 0.703. The number of nitrogens with zero attached hydrogens (tertiary/aromatic N) is 1. The van der Waals surface area contributed by atoms with Crippen LogP contribution in [0.5, 0.6) is 0 Å². The molecular weight excluding hydrogens is 330 g/mol. The fraction of sp³-hybridized carbons (Fsp3) is 0.562. The molecule has 1 atom stereocenters. The first-order valence-corrected chi connectivity index (χ1v) is 8.36. The van der Waals surface area contributed by atoms with Crippen molar-refractivity contribution in [1.29, 1.82) is 0 Å². The highest BCUT2D eigenvalue weighted by molar-refractivity contribution is 9.10. The van der Waals surface area contributed by atoms with Gasteiger partial charge in [-0.05, 0) is 67.5 Å². The predicted octanol–water partition coefficient (Wildman–Crippen LogP) is 3.27. The summed E-state index contributed by atoms with van der Waals surface area (Å²) in [5.74, 6) is -0.0792. The van der Waals surface area contributed by atoms with E-state index < -0.39 is 0 Å². The standard InChI is InChI=1S/C16H26BrN3O/c1-4-20(5-2)11-7-8-12(3)19-16(21)13-9-6-10-14(18)15(13)17/h6,9-10,12H,4-5,7-8,11,18H2,1-3H3,(H,19,21). The van der Waals surface area contributed by atoms with Crippen LogP contribution >= 0.6 is 15.9 Å². The van der Waals surface area contributed by atoms with Crippen LogP contribution in [0.2, 0.25) is 0 Å². The third-order valence-corrected chi connectivity index (χ3v) is 4.54. The lowest BCUT2D eigenvalue weighted by atomic mass is 10.1. The molecule has 5 heteroatoms. The molecule has 0 fully saturated rings. The lowest BCUT2D eigenvalue weighted by Gasteiger charge is -2.20. The summed E-state index contributed by atoms with van der Waals surface area (Å²) >= 11 is 3.37. The van der Waals surface area contributed by atoms with E-state index in [9.17, 15) is 4.79 Å². The van der Waals surface area contributed by atoms with Gasteiger partial charge in [-0.1, -0.05) is 19.9 Å². The number of carbonyl (C=O) groups excluding carboxylic acids is 1. The fourth-order valence-corrected chi connectivity index (χ4v) is 2.70. The zero-order valence-corrected chi connectivity index (χ0v) is 14.7. The van der Waals surface area contributed by atoms with Crippen LogP contribution in [0.1, 0.15) is 44.0 Å². The second kappa shape index (κ2) is 9.05. The molecule has 0 radical (unpaired) electrons. The van der Waals surface area contributed by atoms with Crippen molar-refractivity contribution in [1.82, 2.24) is 10.2 Å². The minimum absolute atomic E-state index is 0.0792. The Morgan fingerprint density at radius 3 is 2.67 bits per heavy atom. The van der Waals surface area contributed by atoms with Gasteiger partial charge in [0, 0.05) is 11.7 Å². The van der Waals surface area contributed by atoms with Crippen molar-refractivity contribution in [3.63, 3.8) is 0 Å². The number of amides is 1. The normalized spacial score (nSPS) is 12.4. The van der Waals surface area contributed by atoms with Gasteiger partial charge in [-0.15, -0.1) is 0 Å². The van der Waals surface area contributed by atoms with Gasteiger partial charge in [0.2, 0.25) is 0 Å². The number of rotatable bonds is 8. The van der Waals surface area contributed by atoms with Crippen LogP contribution in [0, 0.1) is 0 Å². The number of benzene rings is 1. The van der Waals surface area contributed by atoms with E-state index in [1.54, 1.807) is 18.2 Å². The molecular formula is C16H26BrN3O. The van der Waals surface area contributed by atoms with Crippen molar-refractivity contribution in [3.8, 4) is 0 Å². The molecule has 0 aromatic heterocycles. The Labute approximate surface area is 136 Å². The third kappa shape index (κ3) is 5.67. The second-order valence-electron chi connectivity index (χ2n) is 5.25. The van der Waals surface area contributed by atoms with E-state index in [0.717, 1.165) is 32.5 Å². The largest absolute Gasteiger partial charge is 0.398 e. The minimum Gasteiger partial charge on any atom is -0.398 e. The number of nitrogen functional groups attached to an aromatic ring is 1. The van der Waals surface area contributed by atoms with Gasteiger partial charge in [-0.2, -0.15) is 0 Å². The second-order valence-corrected chi connectivity index (χ2v) is 6.05. The number of carbonyl (C=O) groups is 1. The van der Waals surface area contributed by atoms with E-state index in [1.807, 2.05) is 6.92 Å². The van der Waals surface area contributed by atoms with Crippen LogP contribution in [0.4, 0.5) is 5.69 Å². The highest BCUT2D eigenvalue weighted by Crippen LogP contribution is 2.23. The molecule has 0 aliphatic rings. The molecule has 3 N–H and O–H groups in total. The van der Waals surface area contributed by atoms with Crippen molar-refractivity contribution in [2.45, 2.75) is 39.7 Å². The summed E-state index contributed by atoms with van der Waals surface area (Å²) in [4.78, 5) is 14.6. The Bertz CT molecular complexity index is 461. The molecule has 0 saturated heterocycles. The molecule has 118 valence electrons. The van der Waals surface area contributed by atoms with E-state index in [2.05, 4.69) is 40.0 Å². The third-order valence-electron chi connectivity index (χ3n) is 3.66. The summed E-state index contributed by atoms with van der Waals surface area (Å²) in [6, 6.07) is 5.49. The van der Waals surface area contributed by atoms with Crippen molar-refractivity contribution in [3.05, 3.63) is 28.2 Å². The average Bonchev–Trinajstić information content (AvgIpc) is 2.46. The van der Waals surface area contributed by atoms with Gasteiger partial charge in [0.15, 0.2) is 0 Å². The van der Waals surface area contributed by atoms with Gasteiger partial charge in [-0.25, -0.2) is 0 Å². The molecule has 0 saturated carbocycles. The Hall–Kier alpha value is -1.07. The summed E-state index contributed by atoms with van der Waals surface area (Å²) in [6.45, 7) is 9.62. The Morgan fingerprint density at radius 1 is 1.38 bits per heavy atom. The van der Waals surface area contributed by atoms with Crippen LogP contribution in [0.3, 0.4) is 0 Å². The van der Waals surface area contributed by atoms with Gasteiger partial charge in [0.25, 0.3) is 5.91 Å². The number of hydrogen-bond donors (Lipinski definition) is 2. The van der Waals surface area contributed by atoms with Gasteiger partial charge >= 0.3 is 0 Å². The number of hydrogen-bond acceptors (Lipinski definition) is 3. The van der Waals surface area contributed by atoms with Gasteiger partial charge in [0.05, 0.1) is 10.0 Å². The smallest absolute Gasteiger partial charge is 0.252 e. The van der Waals surface area contributed by atoms with Gasteiger partial charge < -0.3 is 16.0 Å². The zero-order valence-electron chi connectivity index (χ0n) is 13.2. The van der Waals surface area contributed by atoms with E-state index >= 15 is 0 Å². The summed E-state index contributed by atoms with van der Waals surface area (Å²) < 4.78 is 0.665. The summed E-state index contributed by atoms with van der Waals surface area (Å²) in [5, 5.41) is 3.03. The molecule has 1 aromatic carbocycles. The monoisotopic (exact) mass is 355 g/mol. The maximum atomic E-state index is 12.2. The molecule has 0 aliphatic carbocycles. The predicted molar refractivity (Wildman–Crippen MR) is 92.5 cm³/mol. The Balaban J connectivity index is 2.45. The number of nitrogens with one attached hydrogen (secondary N) is 1. The molecule has 1 unspecified atom stereocenters. The summed E-state index contributed by atoms with van der Waals surface area (Å²) in [5.41, 5.74) is 6.97. The molecule has 1 aromatic rings. The topological polar surface area (TPSA) is 58.4 Å². The van der Waals surface area contributed by atoms with Gasteiger partial charge in [0.1, 0.15) is 0 Å². The molecule has 4 nitrogen and oxygen atoms in total. The molecule has 0 aliphatic heterocycles. The van der Waals surface area contributed by atoms with Crippen molar-refractivity contribution in [2.75, 3.05) is 25.4 Å². The van der Waals surface area contributed by atoms with Crippen LogP contribution in [0.25, 0.3) is 0 Å². The van der Waals surface area contributed by atoms with E-state index in [1.165, 1.54) is 0 Å². The molecule has 21 heavy (non-hydrogen) atoms. The van der Waals surface area contributed by atoms with Crippen LogP contribution in [-0.2, 0) is 0 Å². The van der Waals surface area contributed by atoms with Crippen molar-refractivity contribution < 1.29 is 4.79 Å². The fourth-order valence-electron chi connectivity index (χ4n) is 2.26. The number of nitrogens with two attached hydrogens (primary N) is 1. The first-order valence-electron chi connectivity index (χ1n) is 7.56. The molecule has 1 amide bonds. The molecule has 1 rings (SSSR count). The van der Waals surface area contributed by atoms with Crippen molar-refractivity contribution >= 4 is 27.5 Å². The SMILES string of the molecule is CCN(CC)CCCC(C)NC(=O)c1cccc(N)c1Br. The highest BCUT2D eigenvalue weighted by Gasteiger charge is 2.14. The first-order chi connectivity index (χ1) is 9.99. The molecule has 0 heterocycles. The first kappa shape index (κ1) is 18.0. The minimum atomic E-state index is -0.0792. The maximum absolute atomic E-state index is 12.2. The van der Waals surface area contributed by atoms with Gasteiger partial charge in [-0.3, -0.25) is 4.79 Å². The lowest BCUT2D eigenvalue weighted by molar-refractivity contribution is 0.0936. The van der Waals surface area contributed by atoms with Crippen LogP contribution in [0.15, 0.2) is 22.7 Å². The highest BCUT2D eigenvalue weighted by atomic mass is 79.9. The lowest BCUT2D eigenvalue weighted by Crippen LogP contribution is -2.34. The van der Waals surface area contributed by atoms with Crippen LogP contribution in [-0.4, -0.2) is 36.5 Å². The Kier molecular flexibility index (Phi) is 7.75. The molecule has 0 spiro atoms. The average molecular weight is 356 g/mol. The van der Waals surface area contributed by atoms with E-state index in [4.69, 9.17) is 5.73 Å². The van der Waals surface area contributed by atoms with E-state index in [-0.39, 0.29) is 11.9 Å². The van der Waals surface area contributed by atoms with Crippen LogP contribution < -0.4 is 11.1 Å². The van der Waals surface area contributed by atoms with E-state index in [0.29, 0.717) is 15.7 Å². The summed E-state index contributed by atoms with van der Waals surface area (Å²) in [7, 11) is 0. The molecule has 0 bridgehead atoms. The van der Waals surface area contributed by atoms with Crippen molar-refractivity contribution in [2.24, 2.45) is 0 Å². The number of anilines is 1. The zero-order chi connectivity index (χ0) is 15.8. The number of halogens is 1. The Morgan fingerprint density at radius 2 is 2.05 bits per heavy atom.